The molecular formula is C15H16FIN2. The van der Waals surface area contributed by atoms with Gasteiger partial charge in [0.2, 0.25) is 0 Å². The highest BCUT2D eigenvalue weighted by Gasteiger charge is 2.12. The molecule has 2 aromatic carbocycles. The van der Waals surface area contributed by atoms with Gasteiger partial charge < -0.3 is 0 Å². The number of halogens is 2. The van der Waals surface area contributed by atoms with E-state index in [1.807, 2.05) is 31.2 Å². The predicted octanol–water partition coefficient (Wildman–Crippen LogP) is 3.49. The molecular weight excluding hydrogens is 354 g/mol. The van der Waals surface area contributed by atoms with Crippen molar-refractivity contribution in [2.45, 2.75) is 19.4 Å². The summed E-state index contributed by atoms with van der Waals surface area (Å²) in [6, 6.07) is 13.0. The molecule has 19 heavy (non-hydrogen) atoms. The van der Waals surface area contributed by atoms with Crippen LogP contribution < -0.4 is 11.3 Å². The summed E-state index contributed by atoms with van der Waals surface area (Å²) < 4.78 is 14.5. The van der Waals surface area contributed by atoms with E-state index in [0.29, 0.717) is 6.42 Å². The normalized spacial score (nSPS) is 12.4. The maximum atomic E-state index is 13.3. The van der Waals surface area contributed by atoms with Gasteiger partial charge in [0, 0.05) is 9.61 Å². The number of hydrogen-bond donors (Lipinski definition) is 2. The third-order valence-electron chi connectivity index (χ3n) is 3.21. The highest BCUT2D eigenvalue weighted by atomic mass is 127. The molecule has 3 N–H and O–H groups in total. The Morgan fingerprint density at radius 3 is 2.53 bits per heavy atom. The zero-order chi connectivity index (χ0) is 13.8. The van der Waals surface area contributed by atoms with E-state index in [0.717, 1.165) is 16.7 Å². The summed E-state index contributed by atoms with van der Waals surface area (Å²) in [5, 5.41) is 0. The van der Waals surface area contributed by atoms with E-state index in [4.69, 9.17) is 5.84 Å². The summed E-state index contributed by atoms with van der Waals surface area (Å²) in [6.07, 6.45) is 0.667. The summed E-state index contributed by atoms with van der Waals surface area (Å²) in [7, 11) is 0. The third kappa shape index (κ3) is 3.75. The highest BCUT2D eigenvalue weighted by molar-refractivity contribution is 14.1. The molecule has 1 unspecified atom stereocenters. The van der Waals surface area contributed by atoms with E-state index in [2.05, 4.69) is 28.0 Å². The minimum absolute atomic E-state index is 0.0162. The van der Waals surface area contributed by atoms with Gasteiger partial charge in [0.1, 0.15) is 5.82 Å². The van der Waals surface area contributed by atoms with Crippen molar-refractivity contribution < 1.29 is 4.39 Å². The number of benzene rings is 2. The van der Waals surface area contributed by atoms with Crippen molar-refractivity contribution in [3.8, 4) is 0 Å². The molecule has 1 atom stereocenters. The fourth-order valence-corrected chi connectivity index (χ4v) is 2.41. The van der Waals surface area contributed by atoms with Crippen LogP contribution >= 0.6 is 22.6 Å². The van der Waals surface area contributed by atoms with Crippen molar-refractivity contribution in [3.05, 3.63) is 68.5 Å². The maximum Gasteiger partial charge on any atom is 0.123 e. The molecule has 2 aromatic rings. The maximum absolute atomic E-state index is 13.3. The van der Waals surface area contributed by atoms with Crippen molar-refractivity contribution in [3.63, 3.8) is 0 Å². The van der Waals surface area contributed by atoms with Crippen LogP contribution in [0.3, 0.4) is 0 Å². The summed E-state index contributed by atoms with van der Waals surface area (Å²) in [6.45, 7) is 1.98. The summed E-state index contributed by atoms with van der Waals surface area (Å²) in [4.78, 5) is 0. The second-order valence-corrected chi connectivity index (χ2v) is 5.79. The standard InChI is InChI=1S/C15H16FIN2/c1-10-2-5-13(16)8-12(10)9-15(19-18)11-3-6-14(17)7-4-11/h2-8,15,19H,9,18H2,1H3. The molecule has 0 radical (unpaired) electrons. The molecule has 0 fully saturated rings. The molecule has 0 aromatic heterocycles. The van der Waals surface area contributed by atoms with Crippen molar-refractivity contribution in [1.29, 1.82) is 0 Å². The third-order valence-corrected chi connectivity index (χ3v) is 3.93. The number of aryl methyl sites for hydroxylation is 1. The number of rotatable bonds is 4. The van der Waals surface area contributed by atoms with Gasteiger partial charge in [-0.1, -0.05) is 18.2 Å². The van der Waals surface area contributed by atoms with Gasteiger partial charge in [-0.15, -0.1) is 0 Å². The summed E-state index contributed by atoms with van der Waals surface area (Å²) >= 11 is 2.26. The monoisotopic (exact) mass is 370 g/mol. The number of nitrogens with two attached hydrogens (primary N) is 1. The van der Waals surface area contributed by atoms with Crippen LogP contribution in [-0.4, -0.2) is 0 Å². The highest BCUT2D eigenvalue weighted by Crippen LogP contribution is 2.21. The minimum Gasteiger partial charge on any atom is -0.271 e. The van der Waals surface area contributed by atoms with Crippen LogP contribution in [0.5, 0.6) is 0 Å². The zero-order valence-corrected chi connectivity index (χ0v) is 12.8. The topological polar surface area (TPSA) is 38.0 Å². The molecule has 100 valence electrons. The lowest BCUT2D eigenvalue weighted by Gasteiger charge is -2.18. The molecule has 4 heteroatoms. The van der Waals surface area contributed by atoms with Crippen LogP contribution in [0.4, 0.5) is 4.39 Å². The van der Waals surface area contributed by atoms with Gasteiger partial charge in [0.25, 0.3) is 0 Å². The smallest absolute Gasteiger partial charge is 0.123 e. The van der Waals surface area contributed by atoms with E-state index in [1.54, 1.807) is 12.1 Å². The molecule has 0 bridgehead atoms. The molecule has 0 aliphatic heterocycles. The Hall–Kier alpha value is -0.980. The molecule has 0 spiro atoms. The van der Waals surface area contributed by atoms with Gasteiger partial charge >= 0.3 is 0 Å². The molecule has 0 heterocycles. The molecule has 2 rings (SSSR count). The Bertz CT molecular complexity index is 555. The van der Waals surface area contributed by atoms with Crippen molar-refractivity contribution in [2.24, 2.45) is 5.84 Å². The molecule has 0 aliphatic carbocycles. The SMILES string of the molecule is Cc1ccc(F)cc1CC(NN)c1ccc(I)cc1. The van der Waals surface area contributed by atoms with Gasteiger partial charge in [-0.2, -0.15) is 0 Å². The van der Waals surface area contributed by atoms with Gasteiger partial charge in [0.05, 0.1) is 0 Å². The largest absolute Gasteiger partial charge is 0.271 e. The lowest BCUT2D eigenvalue weighted by Crippen LogP contribution is -2.29. The molecule has 0 saturated heterocycles. The zero-order valence-electron chi connectivity index (χ0n) is 10.7. The van der Waals surface area contributed by atoms with E-state index >= 15 is 0 Å². The van der Waals surface area contributed by atoms with Crippen LogP contribution in [0.2, 0.25) is 0 Å². The number of hydrazine groups is 1. The fourth-order valence-electron chi connectivity index (χ4n) is 2.05. The number of nitrogens with one attached hydrogen (secondary N) is 1. The van der Waals surface area contributed by atoms with Gasteiger partial charge in [-0.3, -0.25) is 11.3 Å². The van der Waals surface area contributed by atoms with Gasteiger partial charge in [-0.05, 0) is 76.9 Å². The lowest BCUT2D eigenvalue weighted by molar-refractivity contribution is 0.547. The van der Waals surface area contributed by atoms with Crippen LogP contribution in [0.25, 0.3) is 0 Å². The van der Waals surface area contributed by atoms with Crippen molar-refractivity contribution in [2.75, 3.05) is 0 Å². The second-order valence-electron chi connectivity index (χ2n) is 4.55. The Morgan fingerprint density at radius 2 is 1.89 bits per heavy atom. The Balaban J connectivity index is 2.23. The minimum atomic E-state index is -0.209. The fraction of sp³-hybridized carbons (Fsp3) is 0.200. The van der Waals surface area contributed by atoms with Gasteiger partial charge in [0.15, 0.2) is 0 Å². The van der Waals surface area contributed by atoms with E-state index in [9.17, 15) is 4.39 Å². The van der Waals surface area contributed by atoms with E-state index in [1.165, 1.54) is 9.64 Å². The average Bonchev–Trinajstić information content (AvgIpc) is 2.41. The molecule has 0 aliphatic rings. The first-order valence-electron chi connectivity index (χ1n) is 6.07. The van der Waals surface area contributed by atoms with Crippen LogP contribution in [-0.2, 0) is 6.42 Å². The molecule has 2 nitrogen and oxygen atoms in total. The first kappa shape index (κ1) is 14.4. The predicted molar refractivity (Wildman–Crippen MR) is 84.1 cm³/mol. The van der Waals surface area contributed by atoms with Crippen LogP contribution in [0.1, 0.15) is 22.7 Å². The first-order chi connectivity index (χ1) is 9.10. The summed E-state index contributed by atoms with van der Waals surface area (Å²) in [5.74, 6) is 5.42. The Labute approximate surface area is 126 Å². The Morgan fingerprint density at radius 1 is 1.21 bits per heavy atom. The van der Waals surface area contributed by atoms with E-state index < -0.39 is 0 Å². The van der Waals surface area contributed by atoms with Crippen molar-refractivity contribution >= 4 is 22.6 Å². The number of hydrogen-bond acceptors (Lipinski definition) is 2. The quantitative estimate of drug-likeness (QED) is 0.491. The van der Waals surface area contributed by atoms with Gasteiger partial charge in [-0.25, -0.2) is 4.39 Å². The van der Waals surface area contributed by atoms with E-state index in [-0.39, 0.29) is 11.9 Å². The Kier molecular flexibility index (Phi) is 4.90. The van der Waals surface area contributed by atoms with Crippen molar-refractivity contribution in [1.82, 2.24) is 5.43 Å². The molecule has 0 amide bonds. The lowest BCUT2D eigenvalue weighted by atomic mass is 9.96. The van der Waals surface area contributed by atoms with Crippen LogP contribution in [0.15, 0.2) is 42.5 Å². The second kappa shape index (κ2) is 6.45. The van der Waals surface area contributed by atoms with Crippen LogP contribution in [0, 0.1) is 16.3 Å². The average molecular weight is 370 g/mol. The first-order valence-corrected chi connectivity index (χ1v) is 7.14. The molecule has 0 saturated carbocycles. The summed E-state index contributed by atoms with van der Waals surface area (Å²) in [5.41, 5.74) is 5.96.